The fraction of sp³-hybridized carbons (Fsp3) is 0.286. The monoisotopic (exact) mass is 323 g/mol. The molecular weight excluding hydrogens is 298 g/mol. The summed E-state index contributed by atoms with van der Waals surface area (Å²) in [5.74, 6) is 1.08. The van der Waals surface area contributed by atoms with Crippen LogP contribution in [0.25, 0.3) is 0 Å². The van der Waals surface area contributed by atoms with Gasteiger partial charge < -0.3 is 9.64 Å². The van der Waals surface area contributed by atoms with Crippen molar-refractivity contribution < 1.29 is 9.53 Å². The fourth-order valence-electron chi connectivity index (χ4n) is 2.56. The highest BCUT2D eigenvalue weighted by atomic mass is 16.5. The zero-order valence-corrected chi connectivity index (χ0v) is 14.4. The molecule has 0 N–H and O–H groups in total. The van der Waals surface area contributed by atoms with Crippen molar-refractivity contribution in [3.8, 4) is 5.75 Å². The van der Waals surface area contributed by atoms with Crippen molar-refractivity contribution in [2.45, 2.75) is 25.4 Å². The lowest BCUT2D eigenvalue weighted by atomic mass is 9.93. The summed E-state index contributed by atoms with van der Waals surface area (Å²) in [6.45, 7) is 4.47. The molecule has 2 aromatic rings. The third-order valence-corrected chi connectivity index (χ3v) is 4.01. The summed E-state index contributed by atoms with van der Waals surface area (Å²) in [6, 6.07) is 18.1. The van der Waals surface area contributed by atoms with Gasteiger partial charge in [0.1, 0.15) is 12.4 Å². The summed E-state index contributed by atoms with van der Waals surface area (Å²) in [6.07, 6.45) is 3.12. The number of allylic oxidation sites excluding steroid dienone is 1. The highest BCUT2D eigenvalue weighted by Gasteiger charge is 2.15. The number of para-hydroxylation sites is 1. The summed E-state index contributed by atoms with van der Waals surface area (Å²) >= 11 is 0. The van der Waals surface area contributed by atoms with Gasteiger partial charge in [0.25, 0.3) is 0 Å². The minimum absolute atomic E-state index is 0.0980. The standard InChI is InChI=1S/C21H25NO2/c1-4-18(14-15-21(23)22(2)3)19-12-8-9-13-20(19)24-16-17-10-6-5-7-11-17/h4-13,18H,1,14-16H2,2-3H3. The van der Waals surface area contributed by atoms with Gasteiger partial charge in [-0.3, -0.25) is 4.79 Å². The van der Waals surface area contributed by atoms with Crippen LogP contribution in [0.2, 0.25) is 0 Å². The first-order valence-corrected chi connectivity index (χ1v) is 8.20. The van der Waals surface area contributed by atoms with Gasteiger partial charge in [0, 0.05) is 32.0 Å². The van der Waals surface area contributed by atoms with Gasteiger partial charge in [-0.05, 0) is 18.1 Å². The molecule has 0 saturated carbocycles. The molecule has 0 fully saturated rings. The molecule has 2 aromatic carbocycles. The minimum atomic E-state index is 0.0980. The largest absolute Gasteiger partial charge is 0.489 e. The third kappa shape index (κ3) is 4.98. The summed E-state index contributed by atoms with van der Waals surface area (Å²) < 4.78 is 6.02. The molecule has 1 unspecified atom stereocenters. The van der Waals surface area contributed by atoms with Gasteiger partial charge in [-0.2, -0.15) is 0 Å². The van der Waals surface area contributed by atoms with E-state index in [2.05, 4.69) is 6.58 Å². The van der Waals surface area contributed by atoms with Gasteiger partial charge in [-0.1, -0.05) is 54.6 Å². The molecule has 0 heterocycles. The summed E-state index contributed by atoms with van der Waals surface area (Å²) in [5.41, 5.74) is 2.21. The summed E-state index contributed by atoms with van der Waals surface area (Å²) in [4.78, 5) is 13.5. The smallest absolute Gasteiger partial charge is 0.222 e. The molecule has 0 aliphatic rings. The number of hydrogen-bond donors (Lipinski definition) is 0. The molecular formula is C21H25NO2. The van der Waals surface area contributed by atoms with Crippen LogP contribution in [0.1, 0.15) is 29.9 Å². The molecule has 3 heteroatoms. The molecule has 0 aromatic heterocycles. The molecule has 0 saturated heterocycles. The highest BCUT2D eigenvalue weighted by molar-refractivity contribution is 5.75. The fourth-order valence-corrected chi connectivity index (χ4v) is 2.56. The lowest BCUT2D eigenvalue weighted by Crippen LogP contribution is -2.21. The number of amides is 1. The molecule has 1 amide bonds. The van der Waals surface area contributed by atoms with Crippen LogP contribution in [-0.4, -0.2) is 24.9 Å². The molecule has 1 atom stereocenters. The van der Waals surface area contributed by atoms with Crippen LogP contribution in [0.4, 0.5) is 0 Å². The van der Waals surface area contributed by atoms with Crippen molar-refractivity contribution in [1.82, 2.24) is 4.90 Å². The topological polar surface area (TPSA) is 29.5 Å². The van der Waals surface area contributed by atoms with Crippen molar-refractivity contribution in [1.29, 1.82) is 0 Å². The maximum atomic E-state index is 11.9. The Labute approximate surface area is 144 Å². The van der Waals surface area contributed by atoms with Gasteiger partial charge in [0.2, 0.25) is 5.91 Å². The van der Waals surface area contributed by atoms with Crippen LogP contribution in [-0.2, 0) is 11.4 Å². The Morgan fingerprint density at radius 1 is 1.12 bits per heavy atom. The van der Waals surface area contributed by atoms with Crippen LogP contribution in [0.3, 0.4) is 0 Å². The first kappa shape index (κ1) is 17.8. The predicted molar refractivity (Wildman–Crippen MR) is 98.1 cm³/mol. The van der Waals surface area contributed by atoms with Crippen LogP contribution < -0.4 is 4.74 Å². The average Bonchev–Trinajstić information content (AvgIpc) is 2.62. The number of hydrogen-bond acceptors (Lipinski definition) is 2. The molecule has 0 bridgehead atoms. The Kier molecular flexibility index (Phi) is 6.62. The summed E-state index contributed by atoms with van der Waals surface area (Å²) in [5, 5.41) is 0. The average molecular weight is 323 g/mol. The zero-order chi connectivity index (χ0) is 17.4. The first-order valence-electron chi connectivity index (χ1n) is 8.20. The van der Waals surface area contributed by atoms with Gasteiger partial charge in [0.05, 0.1) is 0 Å². The van der Waals surface area contributed by atoms with Crippen molar-refractivity contribution in [3.05, 3.63) is 78.4 Å². The third-order valence-electron chi connectivity index (χ3n) is 4.01. The van der Waals surface area contributed by atoms with E-state index in [0.717, 1.165) is 23.3 Å². The second-order valence-corrected chi connectivity index (χ2v) is 5.98. The van der Waals surface area contributed by atoms with E-state index in [-0.39, 0.29) is 11.8 Å². The molecule has 126 valence electrons. The van der Waals surface area contributed by atoms with Crippen molar-refractivity contribution >= 4 is 5.91 Å². The second-order valence-electron chi connectivity index (χ2n) is 5.98. The minimum Gasteiger partial charge on any atom is -0.489 e. The van der Waals surface area contributed by atoms with E-state index in [0.29, 0.717) is 13.0 Å². The van der Waals surface area contributed by atoms with Crippen LogP contribution in [0, 0.1) is 0 Å². The van der Waals surface area contributed by atoms with E-state index in [9.17, 15) is 4.79 Å². The van der Waals surface area contributed by atoms with Gasteiger partial charge in [-0.25, -0.2) is 0 Å². The Bertz CT molecular complexity index is 665. The molecule has 2 rings (SSSR count). The molecule has 0 spiro atoms. The maximum absolute atomic E-state index is 11.9. The van der Waals surface area contributed by atoms with E-state index in [1.54, 1.807) is 19.0 Å². The van der Waals surface area contributed by atoms with Crippen LogP contribution in [0.5, 0.6) is 5.75 Å². The molecule has 0 aliphatic heterocycles. The Balaban J connectivity index is 2.08. The molecule has 24 heavy (non-hydrogen) atoms. The number of nitrogens with zero attached hydrogens (tertiary/aromatic N) is 1. The number of ether oxygens (including phenoxy) is 1. The number of rotatable bonds is 8. The van der Waals surface area contributed by atoms with E-state index in [1.165, 1.54) is 0 Å². The number of benzene rings is 2. The quantitative estimate of drug-likeness (QED) is 0.674. The van der Waals surface area contributed by atoms with Gasteiger partial charge in [-0.15, -0.1) is 6.58 Å². The summed E-state index contributed by atoms with van der Waals surface area (Å²) in [7, 11) is 3.56. The predicted octanol–water partition coefficient (Wildman–Crippen LogP) is 4.40. The second kappa shape index (κ2) is 8.92. The Morgan fingerprint density at radius 2 is 1.79 bits per heavy atom. The van der Waals surface area contributed by atoms with E-state index >= 15 is 0 Å². The van der Waals surface area contributed by atoms with Crippen LogP contribution >= 0.6 is 0 Å². The first-order chi connectivity index (χ1) is 11.6. The number of carbonyl (C=O) groups is 1. The van der Waals surface area contributed by atoms with Gasteiger partial charge >= 0.3 is 0 Å². The Morgan fingerprint density at radius 3 is 2.46 bits per heavy atom. The van der Waals surface area contributed by atoms with Gasteiger partial charge in [0.15, 0.2) is 0 Å². The lowest BCUT2D eigenvalue weighted by Gasteiger charge is -2.18. The van der Waals surface area contributed by atoms with Crippen molar-refractivity contribution in [2.75, 3.05) is 14.1 Å². The molecule has 0 radical (unpaired) electrons. The van der Waals surface area contributed by atoms with E-state index in [4.69, 9.17) is 4.74 Å². The lowest BCUT2D eigenvalue weighted by molar-refractivity contribution is -0.128. The van der Waals surface area contributed by atoms with Crippen molar-refractivity contribution in [2.24, 2.45) is 0 Å². The normalized spacial score (nSPS) is 11.6. The highest BCUT2D eigenvalue weighted by Crippen LogP contribution is 2.31. The van der Waals surface area contributed by atoms with Crippen LogP contribution in [0.15, 0.2) is 67.3 Å². The van der Waals surface area contributed by atoms with E-state index < -0.39 is 0 Å². The van der Waals surface area contributed by atoms with Crippen molar-refractivity contribution in [3.63, 3.8) is 0 Å². The van der Waals surface area contributed by atoms with E-state index in [1.807, 2.05) is 60.7 Å². The zero-order valence-electron chi connectivity index (χ0n) is 14.4. The maximum Gasteiger partial charge on any atom is 0.222 e. The molecule has 0 aliphatic carbocycles. The number of carbonyl (C=O) groups excluding carboxylic acids is 1. The molecule has 3 nitrogen and oxygen atoms in total. The Hall–Kier alpha value is -2.55. The SMILES string of the molecule is C=CC(CCC(=O)N(C)C)c1ccccc1OCc1ccccc1.